The van der Waals surface area contributed by atoms with E-state index in [2.05, 4.69) is 45.4 Å². The van der Waals surface area contributed by atoms with E-state index >= 15 is 0 Å². The summed E-state index contributed by atoms with van der Waals surface area (Å²) in [5.74, 6) is 0.189. The Morgan fingerprint density at radius 2 is 1.55 bits per heavy atom. The van der Waals surface area contributed by atoms with E-state index in [1.165, 1.54) is 0 Å². The molecule has 4 aromatic rings. The largest absolute Gasteiger partial charge is 0.369 e. The Morgan fingerprint density at radius 1 is 0.842 bits per heavy atom. The molecule has 1 N–H and O–H groups in total. The van der Waals surface area contributed by atoms with E-state index in [-0.39, 0.29) is 17.7 Å². The van der Waals surface area contributed by atoms with Crippen molar-refractivity contribution in [3.05, 3.63) is 113 Å². The zero-order chi connectivity index (χ0) is 26.3. The summed E-state index contributed by atoms with van der Waals surface area (Å²) < 4.78 is 0. The van der Waals surface area contributed by atoms with E-state index in [0.717, 1.165) is 59.0 Å². The molecule has 1 aliphatic heterocycles. The molecule has 0 bridgehead atoms. The first-order chi connectivity index (χ1) is 18.6. The molecular weight excluding hydrogens is 490 g/mol. The summed E-state index contributed by atoms with van der Waals surface area (Å²) in [4.78, 5) is 31.9. The fourth-order valence-corrected chi connectivity index (χ4v) is 5.92. The van der Waals surface area contributed by atoms with Crippen molar-refractivity contribution in [1.29, 1.82) is 0 Å². The molecule has 0 aliphatic carbocycles. The summed E-state index contributed by atoms with van der Waals surface area (Å²) in [6.45, 7) is 5.87. The molecule has 38 heavy (non-hydrogen) atoms. The second-order valence-corrected chi connectivity index (χ2v) is 10.5. The number of anilines is 1. The van der Waals surface area contributed by atoms with Gasteiger partial charge in [-0.1, -0.05) is 72.8 Å². The molecule has 1 saturated heterocycles. The summed E-state index contributed by atoms with van der Waals surface area (Å²) in [6.07, 6.45) is 0.377. The number of thiophene rings is 1. The van der Waals surface area contributed by atoms with Crippen molar-refractivity contribution in [2.75, 3.05) is 37.6 Å². The first-order valence-corrected chi connectivity index (χ1v) is 14.1. The Morgan fingerprint density at radius 3 is 2.24 bits per heavy atom. The molecule has 5 rings (SSSR count). The lowest BCUT2D eigenvalue weighted by Crippen LogP contribution is -2.51. The van der Waals surface area contributed by atoms with E-state index in [1.807, 2.05) is 73.0 Å². The van der Waals surface area contributed by atoms with Gasteiger partial charge in [-0.2, -0.15) is 0 Å². The molecule has 1 aliphatic rings. The molecule has 1 unspecified atom stereocenters. The quantitative estimate of drug-likeness (QED) is 0.280. The lowest BCUT2D eigenvalue weighted by Gasteiger charge is -2.39. The molecule has 1 fully saturated rings. The third-order valence-electron chi connectivity index (χ3n) is 7.07. The molecule has 0 saturated carbocycles. The van der Waals surface area contributed by atoms with Crippen molar-refractivity contribution < 1.29 is 9.59 Å². The van der Waals surface area contributed by atoms with Gasteiger partial charge in [-0.25, -0.2) is 0 Å². The van der Waals surface area contributed by atoms with Gasteiger partial charge in [0.2, 0.25) is 5.91 Å². The Balaban J connectivity index is 1.22. The average molecular weight is 524 g/mol. The first-order valence-electron chi connectivity index (χ1n) is 13.2. The molecule has 6 heteroatoms. The van der Waals surface area contributed by atoms with Crippen LogP contribution in [0.3, 0.4) is 0 Å². The number of rotatable bonds is 9. The second kappa shape index (κ2) is 12.2. The summed E-state index contributed by atoms with van der Waals surface area (Å²) in [5.41, 5.74) is 4.97. The van der Waals surface area contributed by atoms with Gasteiger partial charge >= 0.3 is 0 Å². The van der Waals surface area contributed by atoms with Crippen LogP contribution in [0.4, 0.5) is 5.69 Å². The smallest absolute Gasteiger partial charge is 0.241 e. The molecular formula is C32H33N3O2S. The van der Waals surface area contributed by atoms with Crippen LogP contribution >= 0.6 is 11.3 Å². The van der Waals surface area contributed by atoms with E-state index in [0.29, 0.717) is 13.0 Å². The number of carbonyl (C=O) groups excluding carboxylic acids is 2. The lowest BCUT2D eigenvalue weighted by molar-refractivity contribution is -0.126. The molecule has 1 aromatic heterocycles. The van der Waals surface area contributed by atoms with Crippen molar-refractivity contribution in [2.45, 2.75) is 19.4 Å². The van der Waals surface area contributed by atoms with Crippen molar-refractivity contribution in [3.8, 4) is 10.4 Å². The highest BCUT2D eigenvalue weighted by Crippen LogP contribution is 2.29. The number of nitrogens with one attached hydrogen (secondary N) is 1. The normalized spacial score (nSPS) is 14.7. The van der Waals surface area contributed by atoms with E-state index < -0.39 is 0 Å². The van der Waals surface area contributed by atoms with Crippen LogP contribution < -0.4 is 10.2 Å². The molecule has 0 radical (unpaired) electrons. The third kappa shape index (κ3) is 5.87. The van der Waals surface area contributed by atoms with Crippen molar-refractivity contribution in [1.82, 2.24) is 10.2 Å². The van der Waals surface area contributed by atoms with Crippen molar-refractivity contribution in [3.63, 3.8) is 0 Å². The average Bonchev–Trinajstić information content (AvgIpc) is 3.50. The number of piperazine rings is 1. The maximum Gasteiger partial charge on any atom is 0.241 e. The van der Waals surface area contributed by atoms with Crippen LogP contribution in [0.25, 0.3) is 10.4 Å². The van der Waals surface area contributed by atoms with Crippen molar-refractivity contribution >= 4 is 28.7 Å². The van der Waals surface area contributed by atoms with Crippen LogP contribution in [0.15, 0.2) is 96.4 Å². The number of hydrogen-bond donors (Lipinski definition) is 1. The molecule has 2 heterocycles. The molecule has 1 amide bonds. The van der Waals surface area contributed by atoms with E-state index in [1.54, 1.807) is 11.3 Å². The number of Topliss-reactive ketones (excluding diaryl/α,β-unsaturated/α-hetero) is 1. The van der Waals surface area contributed by atoms with Gasteiger partial charge in [-0.05, 0) is 41.6 Å². The van der Waals surface area contributed by atoms with Crippen LogP contribution in [0.2, 0.25) is 0 Å². The Labute approximate surface area is 228 Å². The van der Waals surface area contributed by atoms with Crippen molar-refractivity contribution in [2.24, 2.45) is 0 Å². The highest BCUT2D eigenvalue weighted by Gasteiger charge is 2.30. The van der Waals surface area contributed by atoms with Crippen LogP contribution in [0, 0.1) is 0 Å². The van der Waals surface area contributed by atoms with Gasteiger partial charge in [0, 0.05) is 60.8 Å². The Kier molecular flexibility index (Phi) is 8.31. The summed E-state index contributed by atoms with van der Waals surface area (Å²) in [6, 6.07) is 30.1. The molecule has 0 spiro atoms. The van der Waals surface area contributed by atoms with Gasteiger partial charge in [0.25, 0.3) is 0 Å². The monoisotopic (exact) mass is 523 g/mol. The van der Waals surface area contributed by atoms with Crippen LogP contribution in [0.5, 0.6) is 0 Å². The number of amides is 1. The highest BCUT2D eigenvalue weighted by atomic mass is 32.1. The highest BCUT2D eigenvalue weighted by molar-refractivity contribution is 7.13. The summed E-state index contributed by atoms with van der Waals surface area (Å²) >= 11 is 1.65. The van der Waals surface area contributed by atoms with E-state index in [4.69, 9.17) is 0 Å². The van der Waals surface area contributed by atoms with Gasteiger partial charge < -0.3 is 10.2 Å². The van der Waals surface area contributed by atoms with Crippen LogP contribution in [0.1, 0.15) is 34.5 Å². The van der Waals surface area contributed by atoms with Gasteiger partial charge in [-0.15, -0.1) is 11.3 Å². The van der Waals surface area contributed by atoms with Gasteiger partial charge in [0.1, 0.15) is 6.04 Å². The molecule has 1 atom stereocenters. The predicted molar refractivity (Wildman–Crippen MR) is 156 cm³/mol. The SMILES string of the molecule is CCNC(=O)C(c1ccccc1)N1CCN(c2ccc(CC(=O)c3ccccc3-c3cccs3)cc2)CC1. The number of hydrogen-bond acceptors (Lipinski definition) is 5. The van der Waals surface area contributed by atoms with Gasteiger partial charge in [0.05, 0.1) is 0 Å². The summed E-state index contributed by atoms with van der Waals surface area (Å²) in [5, 5.41) is 5.05. The van der Waals surface area contributed by atoms with Crippen LogP contribution in [-0.4, -0.2) is 49.3 Å². The minimum atomic E-state index is -0.274. The first kappa shape index (κ1) is 25.9. The Bertz CT molecular complexity index is 1350. The number of carbonyl (C=O) groups is 2. The molecule has 194 valence electrons. The van der Waals surface area contributed by atoms with Gasteiger partial charge in [-0.3, -0.25) is 14.5 Å². The fourth-order valence-electron chi connectivity index (χ4n) is 5.15. The Hall–Kier alpha value is -3.74. The lowest BCUT2D eigenvalue weighted by atomic mass is 9.97. The fraction of sp³-hybridized carbons (Fsp3) is 0.250. The molecule has 5 nitrogen and oxygen atoms in total. The standard InChI is InChI=1S/C32H33N3O2S/c1-2-33-32(37)31(25-9-4-3-5-10-25)35-20-18-34(19-21-35)26-16-14-24(15-17-26)23-29(36)27-11-6-7-12-28(27)30-13-8-22-38-30/h3-17,22,31H,2,18-21,23H2,1H3,(H,33,37). The minimum Gasteiger partial charge on any atom is -0.369 e. The van der Waals surface area contributed by atoms with Crippen LogP contribution in [-0.2, 0) is 11.2 Å². The maximum atomic E-state index is 13.2. The number of likely N-dealkylation sites (N-methyl/N-ethyl adjacent to an activating group) is 1. The predicted octanol–water partition coefficient (Wildman–Crippen LogP) is 5.84. The maximum absolute atomic E-state index is 13.2. The number of ketones is 1. The molecule has 3 aromatic carbocycles. The topological polar surface area (TPSA) is 52.7 Å². The number of benzene rings is 3. The minimum absolute atomic E-state index is 0.0572. The number of nitrogens with zero attached hydrogens (tertiary/aromatic N) is 2. The zero-order valence-corrected chi connectivity index (χ0v) is 22.5. The summed E-state index contributed by atoms with van der Waals surface area (Å²) in [7, 11) is 0. The third-order valence-corrected chi connectivity index (χ3v) is 7.98. The van der Waals surface area contributed by atoms with Gasteiger partial charge in [0.15, 0.2) is 5.78 Å². The zero-order valence-electron chi connectivity index (χ0n) is 21.7. The second-order valence-electron chi connectivity index (χ2n) is 9.52. The van der Waals surface area contributed by atoms with E-state index in [9.17, 15) is 9.59 Å².